The quantitative estimate of drug-likeness (QED) is 0.128. The first-order valence-corrected chi connectivity index (χ1v) is 14.2. The van der Waals surface area contributed by atoms with Crippen LogP contribution >= 0.6 is 23.4 Å². The van der Waals surface area contributed by atoms with Gasteiger partial charge in [-0.25, -0.2) is 4.39 Å². The van der Waals surface area contributed by atoms with Gasteiger partial charge >= 0.3 is 0 Å². The third-order valence-corrected chi connectivity index (χ3v) is 7.32. The lowest BCUT2D eigenvalue weighted by atomic mass is 10.1. The average Bonchev–Trinajstić information content (AvgIpc) is 3.02. The standard InChI is InChI=1S/C32H27ClFN3O5S/c1-41-22-13-16-29(42-2)27(17-22)36-30(38)19-43-23-14-11-21(12-15-23)35-32(40)28(18-24-25(33)9-6-10-26(24)34)37-31(39)20-7-4-3-5-8-20/h3-18H,19H2,1-2H3,(H,35,40)(H,36,38)(H,37,39)/b28-18-. The van der Waals surface area contributed by atoms with Crippen molar-refractivity contribution in [2.24, 2.45) is 0 Å². The SMILES string of the molecule is COc1ccc(OC)c(NC(=O)CSc2ccc(NC(=O)/C(=C/c3c(F)cccc3Cl)NC(=O)c3ccccc3)cc2)c1. The summed E-state index contributed by atoms with van der Waals surface area (Å²) in [6.07, 6.45) is 1.19. The molecule has 0 atom stereocenters. The summed E-state index contributed by atoms with van der Waals surface area (Å²) in [4.78, 5) is 39.4. The summed E-state index contributed by atoms with van der Waals surface area (Å²) >= 11 is 7.46. The summed E-state index contributed by atoms with van der Waals surface area (Å²) in [5.41, 5.74) is 0.976. The first kappa shape index (κ1) is 31.1. The van der Waals surface area contributed by atoms with Crippen molar-refractivity contribution < 1.29 is 28.2 Å². The van der Waals surface area contributed by atoms with E-state index in [2.05, 4.69) is 16.0 Å². The minimum absolute atomic E-state index is 0.0423. The molecule has 0 saturated carbocycles. The van der Waals surface area contributed by atoms with E-state index in [0.717, 1.165) is 4.90 Å². The van der Waals surface area contributed by atoms with E-state index in [1.165, 1.54) is 50.3 Å². The molecule has 4 rings (SSSR count). The van der Waals surface area contributed by atoms with Crippen LogP contribution in [-0.2, 0) is 9.59 Å². The number of hydrogen-bond acceptors (Lipinski definition) is 6. The number of thioether (sulfide) groups is 1. The molecule has 0 aliphatic heterocycles. The van der Waals surface area contributed by atoms with E-state index < -0.39 is 17.6 Å². The number of carbonyl (C=O) groups is 3. The Morgan fingerprint density at radius 2 is 1.63 bits per heavy atom. The van der Waals surface area contributed by atoms with Crippen LogP contribution in [0.2, 0.25) is 5.02 Å². The van der Waals surface area contributed by atoms with Gasteiger partial charge in [-0.1, -0.05) is 35.9 Å². The van der Waals surface area contributed by atoms with Crippen molar-refractivity contribution in [3.8, 4) is 11.5 Å². The summed E-state index contributed by atoms with van der Waals surface area (Å²) < 4.78 is 25.0. The van der Waals surface area contributed by atoms with Crippen molar-refractivity contribution in [2.45, 2.75) is 4.90 Å². The van der Waals surface area contributed by atoms with Crippen LogP contribution in [0.25, 0.3) is 6.08 Å². The average molecular weight is 620 g/mol. The fourth-order valence-corrected chi connectivity index (χ4v) is 4.73. The van der Waals surface area contributed by atoms with Crippen molar-refractivity contribution in [1.29, 1.82) is 0 Å². The maximum absolute atomic E-state index is 14.5. The Kier molecular flexibility index (Phi) is 10.8. The molecule has 4 aromatic rings. The lowest BCUT2D eigenvalue weighted by Gasteiger charge is -2.13. The molecule has 0 heterocycles. The van der Waals surface area contributed by atoms with Gasteiger partial charge in [-0.05, 0) is 66.7 Å². The molecule has 0 aliphatic carbocycles. The van der Waals surface area contributed by atoms with E-state index in [-0.39, 0.29) is 27.9 Å². The van der Waals surface area contributed by atoms with Crippen LogP contribution in [-0.4, -0.2) is 37.7 Å². The molecule has 11 heteroatoms. The molecule has 0 aromatic heterocycles. The van der Waals surface area contributed by atoms with Crippen LogP contribution < -0.4 is 25.4 Å². The third-order valence-electron chi connectivity index (χ3n) is 5.98. The van der Waals surface area contributed by atoms with Gasteiger partial charge in [0.05, 0.1) is 30.7 Å². The Morgan fingerprint density at radius 1 is 0.884 bits per heavy atom. The van der Waals surface area contributed by atoms with Crippen LogP contribution in [0.15, 0.2) is 102 Å². The third kappa shape index (κ3) is 8.60. The number of halogens is 2. The number of carbonyl (C=O) groups excluding carboxylic acids is 3. The normalized spacial score (nSPS) is 10.9. The van der Waals surface area contributed by atoms with E-state index in [1.54, 1.807) is 72.8 Å². The Labute approximate surface area is 257 Å². The number of nitrogens with one attached hydrogen (secondary N) is 3. The van der Waals surface area contributed by atoms with E-state index >= 15 is 0 Å². The number of benzene rings is 4. The van der Waals surface area contributed by atoms with Crippen LogP contribution in [0, 0.1) is 5.82 Å². The first-order valence-electron chi connectivity index (χ1n) is 12.9. The van der Waals surface area contributed by atoms with E-state index in [4.69, 9.17) is 21.1 Å². The van der Waals surface area contributed by atoms with Crippen molar-refractivity contribution in [3.05, 3.63) is 119 Å². The second-order valence-electron chi connectivity index (χ2n) is 8.90. The fourth-order valence-electron chi connectivity index (χ4n) is 3.82. The van der Waals surface area contributed by atoms with Crippen molar-refractivity contribution >= 4 is 58.5 Å². The highest BCUT2D eigenvalue weighted by molar-refractivity contribution is 8.00. The van der Waals surface area contributed by atoms with Gasteiger partial charge in [-0.3, -0.25) is 14.4 Å². The predicted octanol–water partition coefficient (Wildman–Crippen LogP) is 6.64. The summed E-state index contributed by atoms with van der Waals surface area (Å²) in [6, 6.07) is 24.3. The minimum atomic E-state index is -0.685. The second kappa shape index (κ2) is 14.9. The smallest absolute Gasteiger partial charge is 0.272 e. The number of ether oxygens (including phenoxy) is 2. The summed E-state index contributed by atoms with van der Waals surface area (Å²) in [6.45, 7) is 0. The molecule has 8 nitrogen and oxygen atoms in total. The van der Waals surface area contributed by atoms with Crippen molar-refractivity contribution in [1.82, 2.24) is 5.32 Å². The molecule has 4 aromatic carbocycles. The molecule has 0 saturated heterocycles. The minimum Gasteiger partial charge on any atom is -0.497 e. The topological polar surface area (TPSA) is 106 Å². The van der Waals surface area contributed by atoms with Gasteiger partial charge in [0, 0.05) is 27.8 Å². The lowest BCUT2D eigenvalue weighted by molar-refractivity contribution is -0.114. The Bertz CT molecular complexity index is 1630. The van der Waals surface area contributed by atoms with Crippen LogP contribution in [0.3, 0.4) is 0 Å². The highest BCUT2D eigenvalue weighted by atomic mass is 35.5. The molecule has 0 radical (unpaired) electrons. The van der Waals surface area contributed by atoms with E-state index in [1.807, 2.05) is 0 Å². The maximum atomic E-state index is 14.5. The zero-order valence-electron chi connectivity index (χ0n) is 23.2. The monoisotopic (exact) mass is 619 g/mol. The highest BCUT2D eigenvalue weighted by Gasteiger charge is 2.17. The summed E-state index contributed by atoms with van der Waals surface area (Å²) in [5, 5.41) is 8.15. The Hall–Kier alpha value is -4.80. The van der Waals surface area contributed by atoms with E-state index in [0.29, 0.717) is 28.4 Å². The molecule has 0 bridgehead atoms. The zero-order valence-corrected chi connectivity index (χ0v) is 24.7. The molecular formula is C32H27ClFN3O5S. The maximum Gasteiger partial charge on any atom is 0.272 e. The number of anilines is 2. The highest BCUT2D eigenvalue weighted by Crippen LogP contribution is 2.29. The number of rotatable bonds is 11. The fraction of sp³-hybridized carbons (Fsp3) is 0.0938. The van der Waals surface area contributed by atoms with Crippen molar-refractivity contribution in [2.75, 3.05) is 30.6 Å². The first-order chi connectivity index (χ1) is 20.8. The second-order valence-corrected chi connectivity index (χ2v) is 10.4. The largest absolute Gasteiger partial charge is 0.497 e. The molecule has 3 amide bonds. The van der Waals surface area contributed by atoms with Crippen molar-refractivity contribution in [3.63, 3.8) is 0 Å². The zero-order chi connectivity index (χ0) is 30.8. The number of hydrogen-bond donors (Lipinski definition) is 3. The summed E-state index contributed by atoms with van der Waals surface area (Å²) in [7, 11) is 3.05. The Morgan fingerprint density at radius 3 is 2.30 bits per heavy atom. The van der Waals surface area contributed by atoms with Gasteiger partial charge in [0.15, 0.2) is 0 Å². The van der Waals surface area contributed by atoms with E-state index in [9.17, 15) is 18.8 Å². The van der Waals surface area contributed by atoms with Crippen LogP contribution in [0.5, 0.6) is 11.5 Å². The molecule has 0 spiro atoms. The van der Waals surface area contributed by atoms with Crippen LogP contribution in [0.4, 0.5) is 15.8 Å². The summed E-state index contributed by atoms with van der Waals surface area (Å²) in [5.74, 6) is -0.928. The molecule has 0 fully saturated rings. The van der Waals surface area contributed by atoms with Gasteiger partial charge in [0.25, 0.3) is 11.8 Å². The predicted molar refractivity (Wildman–Crippen MR) is 167 cm³/mol. The van der Waals surface area contributed by atoms with Gasteiger partial charge in [-0.15, -0.1) is 11.8 Å². The molecule has 0 unspecified atom stereocenters. The van der Waals surface area contributed by atoms with Gasteiger partial charge < -0.3 is 25.4 Å². The number of methoxy groups -OCH3 is 2. The van der Waals surface area contributed by atoms with Gasteiger partial charge in [-0.2, -0.15) is 0 Å². The molecule has 220 valence electrons. The van der Waals surface area contributed by atoms with Crippen LogP contribution in [0.1, 0.15) is 15.9 Å². The molecular weight excluding hydrogens is 593 g/mol. The van der Waals surface area contributed by atoms with Gasteiger partial charge in [0.1, 0.15) is 23.0 Å². The van der Waals surface area contributed by atoms with Gasteiger partial charge in [0.2, 0.25) is 5.91 Å². The molecule has 0 aliphatic rings. The molecule has 3 N–H and O–H groups in total. The Balaban J connectivity index is 1.43. The molecule has 43 heavy (non-hydrogen) atoms. The lowest BCUT2D eigenvalue weighted by Crippen LogP contribution is -2.30. The number of amides is 3.